The van der Waals surface area contributed by atoms with E-state index in [1.54, 1.807) is 18.3 Å². The number of nitrogens with one attached hydrogen (secondary N) is 2. The maximum Gasteiger partial charge on any atom is 0.255 e. The Balaban J connectivity index is 1.82. The van der Waals surface area contributed by atoms with Crippen LogP contribution in [0.5, 0.6) is 0 Å². The predicted molar refractivity (Wildman–Crippen MR) is 70.0 cm³/mol. The lowest BCUT2D eigenvalue weighted by atomic mass is 10.2. The average molecular weight is 271 g/mol. The zero-order valence-corrected chi connectivity index (χ0v) is 11.1. The molecule has 0 spiro atoms. The van der Waals surface area contributed by atoms with Gasteiger partial charge in [-0.1, -0.05) is 0 Å². The van der Waals surface area contributed by atoms with E-state index < -0.39 is 0 Å². The Kier molecular flexibility index (Phi) is 2.90. The molecule has 0 aliphatic rings. The van der Waals surface area contributed by atoms with E-state index in [0.717, 1.165) is 17.0 Å². The van der Waals surface area contributed by atoms with E-state index in [4.69, 9.17) is 0 Å². The van der Waals surface area contributed by atoms with Crippen molar-refractivity contribution in [1.82, 2.24) is 35.6 Å². The van der Waals surface area contributed by atoms with E-state index in [2.05, 4.69) is 31.0 Å². The number of aryl methyl sites for hydroxylation is 2. The monoisotopic (exact) mass is 271 g/mol. The van der Waals surface area contributed by atoms with E-state index in [1.165, 1.54) is 4.52 Å². The van der Waals surface area contributed by atoms with E-state index in [9.17, 15) is 4.79 Å². The summed E-state index contributed by atoms with van der Waals surface area (Å²) in [6.07, 6.45) is 1.69. The molecule has 3 rings (SSSR count). The highest BCUT2D eigenvalue weighted by atomic mass is 16.1. The molecular weight excluding hydrogens is 258 g/mol. The van der Waals surface area contributed by atoms with Crippen LogP contribution in [0, 0.1) is 13.8 Å². The number of aromatic nitrogens is 6. The van der Waals surface area contributed by atoms with E-state index in [1.807, 2.05) is 13.8 Å². The lowest BCUT2D eigenvalue weighted by Crippen LogP contribution is -2.24. The Morgan fingerprint density at radius 2 is 2.30 bits per heavy atom. The molecule has 3 aromatic rings. The number of nitrogens with zero attached hydrogens (tertiary/aromatic N) is 5. The second kappa shape index (κ2) is 4.72. The van der Waals surface area contributed by atoms with Crippen LogP contribution < -0.4 is 5.32 Å². The van der Waals surface area contributed by atoms with Gasteiger partial charge in [-0.15, -0.1) is 5.10 Å². The SMILES string of the molecule is Cc1n[nH]c(C)c1CNC(=O)c1cccn2nnnc12. The number of rotatable bonds is 3. The lowest BCUT2D eigenvalue weighted by Gasteiger charge is -2.05. The van der Waals surface area contributed by atoms with Gasteiger partial charge in [-0.2, -0.15) is 9.61 Å². The Hall–Kier alpha value is -2.77. The number of carbonyl (C=O) groups is 1. The molecule has 8 heteroatoms. The van der Waals surface area contributed by atoms with Crippen LogP contribution in [-0.2, 0) is 6.54 Å². The first-order chi connectivity index (χ1) is 9.66. The van der Waals surface area contributed by atoms with Crippen molar-refractivity contribution < 1.29 is 4.79 Å². The molecule has 8 nitrogen and oxygen atoms in total. The minimum Gasteiger partial charge on any atom is -0.348 e. The number of amides is 1. The standard InChI is InChI=1S/C12H13N7O/c1-7-10(8(2)15-14-7)6-13-12(20)9-4-3-5-19-11(9)16-17-18-19/h3-5H,6H2,1-2H3,(H,13,20)(H,14,15). The normalized spacial score (nSPS) is 10.9. The van der Waals surface area contributed by atoms with Gasteiger partial charge in [-0.05, 0) is 36.4 Å². The van der Waals surface area contributed by atoms with Crippen LogP contribution in [-0.4, -0.2) is 36.1 Å². The summed E-state index contributed by atoms with van der Waals surface area (Å²) in [7, 11) is 0. The van der Waals surface area contributed by atoms with Crippen molar-refractivity contribution in [3.05, 3.63) is 40.8 Å². The highest BCUT2D eigenvalue weighted by Gasteiger charge is 2.14. The van der Waals surface area contributed by atoms with Crippen molar-refractivity contribution in [2.24, 2.45) is 0 Å². The molecule has 0 aromatic carbocycles. The Morgan fingerprint density at radius 3 is 3.05 bits per heavy atom. The smallest absolute Gasteiger partial charge is 0.255 e. The van der Waals surface area contributed by atoms with Crippen molar-refractivity contribution in [1.29, 1.82) is 0 Å². The molecular formula is C12H13N7O. The number of pyridine rings is 1. The highest BCUT2D eigenvalue weighted by Crippen LogP contribution is 2.10. The van der Waals surface area contributed by atoms with Crippen molar-refractivity contribution in [3.8, 4) is 0 Å². The molecule has 0 unspecified atom stereocenters. The van der Waals surface area contributed by atoms with E-state index in [0.29, 0.717) is 17.8 Å². The van der Waals surface area contributed by atoms with Crippen molar-refractivity contribution in [3.63, 3.8) is 0 Å². The van der Waals surface area contributed by atoms with Gasteiger partial charge in [-0.3, -0.25) is 9.89 Å². The second-order valence-electron chi connectivity index (χ2n) is 4.46. The number of carbonyl (C=O) groups excluding carboxylic acids is 1. The summed E-state index contributed by atoms with van der Waals surface area (Å²) < 4.78 is 1.46. The van der Waals surface area contributed by atoms with Crippen molar-refractivity contribution in [2.75, 3.05) is 0 Å². The van der Waals surface area contributed by atoms with Gasteiger partial charge in [-0.25, -0.2) is 0 Å². The summed E-state index contributed by atoms with van der Waals surface area (Å²) >= 11 is 0. The van der Waals surface area contributed by atoms with Gasteiger partial charge in [0.15, 0.2) is 5.65 Å². The molecule has 0 saturated carbocycles. The molecule has 0 radical (unpaired) electrons. The minimum atomic E-state index is -0.217. The third kappa shape index (κ3) is 2.00. The topological polar surface area (TPSA) is 101 Å². The van der Waals surface area contributed by atoms with Gasteiger partial charge in [0, 0.05) is 24.0 Å². The van der Waals surface area contributed by atoms with Crippen molar-refractivity contribution in [2.45, 2.75) is 20.4 Å². The summed E-state index contributed by atoms with van der Waals surface area (Å²) in [4.78, 5) is 12.2. The largest absolute Gasteiger partial charge is 0.348 e. The fraction of sp³-hybridized carbons (Fsp3) is 0.250. The van der Waals surface area contributed by atoms with E-state index in [-0.39, 0.29) is 5.91 Å². The number of fused-ring (bicyclic) bond motifs is 1. The first-order valence-corrected chi connectivity index (χ1v) is 6.12. The van der Waals surface area contributed by atoms with Gasteiger partial charge >= 0.3 is 0 Å². The number of aromatic amines is 1. The minimum absolute atomic E-state index is 0.217. The fourth-order valence-electron chi connectivity index (χ4n) is 2.04. The maximum absolute atomic E-state index is 12.2. The van der Waals surface area contributed by atoms with Gasteiger partial charge in [0.25, 0.3) is 5.91 Å². The fourth-order valence-corrected chi connectivity index (χ4v) is 2.04. The molecule has 2 N–H and O–H groups in total. The van der Waals surface area contributed by atoms with Crippen LogP contribution in [0.1, 0.15) is 27.3 Å². The summed E-state index contributed by atoms with van der Waals surface area (Å²) in [5.41, 5.74) is 3.70. The molecule has 0 fully saturated rings. The molecule has 0 saturated heterocycles. The number of tetrazole rings is 1. The quantitative estimate of drug-likeness (QED) is 0.717. The van der Waals surface area contributed by atoms with Gasteiger partial charge < -0.3 is 5.32 Å². The third-order valence-corrected chi connectivity index (χ3v) is 3.17. The highest BCUT2D eigenvalue weighted by molar-refractivity contribution is 5.99. The van der Waals surface area contributed by atoms with Crippen LogP contribution in [0.4, 0.5) is 0 Å². The summed E-state index contributed by atoms with van der Waals surface area (Å²) in [5.74, 6) is -0.217. The molecule has 0 aliphatic carbocycles. The first-order valence-electron chi connectivity index (χ1n) is 6.12. The first kappa shape index (κ1) is 12.3. The molecule has 102 valence electrons. The zero-order valence-electron chi connectivity index (χ0n) is 11.1. The summed E-state index contributed by atoms with van der Waals surface area (Å²) in [6, 6.07) is 3.42. The van der Waals surface area contributed by atoms with E-state index >= 15 is 0 Å². The lowest BCUT2D eigenvalue weighted by molar-refractivity contribution is 0.0952. The molecule has 3 aromatic heterocycles. The number of hydrogen-bond donors (Lipinski definition) is 2. The van der Waals surface area contributed by atoms with Crippen LogP contribution in [0.25, 0.3) is 5.65 Å². The summed E-state index contributed by atoms with van der Waals surface area (Å²) in [6.45, 7) is 4.23. The van der Waals surface area contributed by atoms with Gasteiger partial charge in [0.2, 0.25) is 0 Å². The number of H-pyrrole nitrogens is 1. The predicted octanol–water partition coefficient (Wildman–Crippen LogP) is 0.394. The summed E-state index contributed by atoms with van der Waals surface area (Å²) in [5, 5.41) is 21.0. The molecule has 0 atom stereocenters. The van der Waals surface area contributed by atoms with Crippen LogP contribution in [0.15, 0.2) is 18.3 Å². The van der Waals surface area contributed by atoms with Crippen LogP contribution in [0.3, 0.4) is 0 Å². The zero-order chi connectivity index (χ0) is 14.1. The van der Waals surface area contributed by atoms with Gasteiger partial charge in [0.1, 0.15) is 0 Å². The average Bonchev–Trinajstić information content (AvgIpc) is 3.03. The van der Waals surface area contributed by atoms with Crippen molar-refractivity contribution >= 4 is 11.6 Å². The Morgan fingerprint density at radius 1 is 1.45 bits per heavy atom. The third-order valence-electron chi connectivity index (χ3n) is 3.17. The molecule has 1 amide bonds. The number of hydrogen-bond acceptors (Lipinski definition) is 5. The van der Waals surface area contributed by atoms with Crippen LogP contribution >= 0.6 is 0 Å². The molecule has 20 heavy (non-hydrogen) atoms. The van der Waals surface area contributed by atoms with Gasteiger partial charge in [0.05, 0.1) is 11.3 Å². The Labute approximate surface area is 114 Å². The second-order valence-corrected chi connectivity index (χ2v) is 4.46. The van der Waals surface area contributed by atoms with Crippen LogP contribution in [0.2, 0.25) is 0 Å². The Bertz CT molecular complexity index is 754. The molecule has 0 aliphatic heterocycles. The maximum atomic E-state index is 12.2. The molecule has 3 heterocycles. The molecule has 0 bridgehead atoms.